The Morgan fingerprint density at radius 2 is 1.58 bits per heavy atom. The Kier molecular flexibility index (Phi) is 5.13. The monoisotopic (exact) mass is 255 g/mol. The van der Waals surface area contributed by atoms with Crippen LogP contribution in [-0.2, 0) is 24.4 Å². The second-order valence-electron chi connectivity index (χ2n) is 4.79. The second-order valence-corrected chi connectivity index (χ2v) is 4.79. The molecule has 0 aliphatic heterocycles. The molecular formula is C17H21NO. The van der Waals surface area contributed by atoms with E-state index in [1.54, 1.807) is 7.11 Å². The Bertz CT molecular complexity index is 505. The predicted molar refractivity (Wildman–Crippen MR) is 78.9 cm³/mol. The maximum absolute atomic E-state index is 5.22. The maximum atomic E-state index is 5.22. The first-order valence-corrected chi connectivity index (χ1v) is 6.61. The molecule has 0 amide bonds. The van der Waals surface area contributed by atoms with Gasteiger partial charge in [0.1, 0.15) is 0 Å². The van der Waals surface area contributed by atoms with Crippen LogP contribution >= 0.6 is 0 Å². The predicted octanol–water partition coefficient (Wildman–Crippen LogP) is 3.43. The van der Waals surface area contributed by atoms with Gasteiger partial charge in [0.05, 0.1) is 6.61 Å². The lowest BCUT2D eigenvalue weighted by Crippen LogP contribution is -2.14. The molecule has 0 atom stereocenters. The van der Waals surface area contributed by atoms with E-state index in [1.807, 2.05) is 0 Å². The fourth-order valence-corrected chi connectivity index (χ4v) is 2.07. The molecule has 2 aromatic carbocycles. The molecule has 0 aliphatic rings. The van der Waals surface area contributed by atoms with Crippen LogP contribution in [-0.4, -0.2) is 7.11 Å². The molecule has 100 valence electrons. The van der Waals surface area contributed by atoms with Gasteiger partial charge in [-0.3, -0.25) is 0 Å². The van der Waals surface area contributed by atoms with Crippen LogP contribution < -0.4 is 5.32 Å². The lowest BCUT2D eigenvalue weighted by atomic mass is 10.1. The van der Waals surface area contributed by atoms with Crippen LogP contribution in [0.3, 0.4) is 0 Å². The van der Waals surface area contributed by atoms with Gasteiger partial charge >= 0.3 is 0 Å². The Morgan fingerprint density at radius 1 is 0.895 bits per heavy atom. The van der Waals surface area contributed by atoms with Crippen molar-refractivity contribution >= 4 is 0 Å². The highest BCUT2D eigenvalue weighted by atomic mass is 16.5. The minimum Gasteiger partial charge on any atom is -0.380 e. The Balaban J connectivity index is 1.90. The molecule has 0 radical (unpaired) electrons. The van der Waals surface area contributed by atoms with Gasteiger partial charge in [0.15, 0.2) is 0 Å². The SMILES string of the molecule is COCc1ccccc1CNCc1ccc(C)cc1. The van der Waals surface area contributed by atoms with Crippen molar-refractivity contribution in [2.75, 3.05) is 7.11 Å². The molecule has 0 bridgehead atoms. The van der Waals surface area contributed by atoms with Crippen molar-refractivity contribution in [2.45, 2.75) is 26.6 Å². The third-order valence-electron chi connectivity index (χ3n) is 3.18. The summed E-state index contributed by atoms with van der Waals surface area (Å²) in [5, 5.41) is 3.48. The number of ether oxygens (including phenoxy) is 1. The van der Waals surface area contributed by atoms with E-state index in [-0.39, 0.29) is 0 Å². The molecule has 0 spiro atoms. The molecule has 2 heteroatoms. The van der Waals surface area contributed by atoms with E-state index in [4.69, 9.17) is 4.74 Å². The molecule has 0 heterocycles. The van der Waals surface area contributed by atoms with Crippen LogP contribution in [0, 0.1) is 6.92 Å². The molecule has 0 fully saturated rings. The summed E-state index contributed by atoms with van der Waals surface area (Å²) in [6, 6.07) is 17.0. The van der Waals surface area contributed by atoms with Gasteiger partial charge in [-0.25, -0.2) is 0 Å². The third-order valence-corrected chi connectivity index (χ3v) is 3.18. The van der Waals surface area contributed by atoms with Crippen LogP contribution in [0.25, 0.3) is 0 Å². The van der Waals surface area contributed by atoms with Crippen molar-refractivity contribution in [3.05, 3.63) is 70.8 Å². The normalized spacial score (nSPS) is 10.6. The molecule has 2 nitrogen and oxygen atoms in total. The van der Waals surface area contributed by atoms with Crippen molar-refractivity contribution in [1.29, 1.82) is 0 Å². The van der Waals surface area contributed by atoms with E-state index in [1.165, 1.54) is 22.3 Å². The first-order chi connectivity index (χ1) is 9.29. The lowest BCUT2D eigenvalue weighted by molar-refractivity contribution is 0.184. The quantitative estimate of drug-likeness (QED) is 0.854. The van der Waals surface area contributed by atoms with Gasteiger partial charge in [0, 0.05) is 20.2 Å². The second kappa shape index (κ2) is 7.07. The summed E-state index contributed by atoms with van der Waals surface area (Å²) in [7, 11) is 1.73. The fraction of sp³-hybridized carbons (Fsp3) is 0.294. The Hall–Kier alpha value is -1.64. The van der Waals surface area contributed by atoms with Crippen LogP contribution in [0.2, 0.25) is 0 Å². The maximum Gasteiger partial charge on any atom is 0.0716 e. The van der Waals surface area contributed by atoms with Crippen molar-refractivity contribution in [1.82, 2.24) is 5.32 Å². The largest absolute Gasteiger partial charge is 0.380 e. The summed E-state index contributed by atoms with van der Waals surface area (Å²) in [5.41, 5.74) is 5.17. The zero-order chi connectivity index (χ0) is 13.5. The van der Waals surface area contributed by atoms with Crippen LogP contribution in [0.1, 0.15) is 22.3 Å². The molecule has 0 saturated carbocycles. The molecule has 1 N–H and O–H groups in total. The van der Waals surface area contributed by atoms with Gasteiger partial charge in [0.25, 0.3) is 0 Å². The minimum absolute atomic E-state index is 0.669. The van der Waals surface area contributed by atoms with Crippen LogP contribution in [0.15, 0.2) is 48.5 Å². The molecule has 19 heavy (non-hydrogen) atoms. The highest BCUT2D eigenvalue weighted by Gasteiger charge is 2.01. The average molecular weight is 255 g/mol. The minimum atomic E-state index is 0.669. The fourth-order valence-electron chi connectivity index (χ4n) is 2.07. The van der Waals surface area contributed by atoms with Crippen LogP contribution in [0.5, 0.6) is 0 Å². The number of hydrogen-bond donors (Lipinski definition) is 1. The average Bonchev–Trinajstić information content (AvgIpc) is 2.43. The number of hydrogen-bond acceptors (Lipinski definition) is 2. The van der Waals surface area contributed by atoms with Crippen LogP contribution in [0.4, 0.5) is 0 Å². The molecule has 0 unspecified atom stereocenters. The first-order valence-electron chi connectivity index (χ1n) is 6.61. The van der Waals surface area contributed by atoms with Gasteiger partial charge < -0.3 is 10.1 Å². The molecule has 2 rings (SSSR count). The van der Waals surface area contributed by atoms with Crippen molar-refractivity contribution in [2.24, 2.45) is 0 Å². The number of rotatable bonds is 6. The Morgan fingerprint density at radius 3 is 2.26 bits per heavy atom. The van der Waals surface area contributed by atoms with E-state index in [0.29, 0.717) is 6.61 Å². The zero-order valence-electron chi connectivity index (χ0n) is 11.6. The van der Waals surface area contributed by atoms with Crippen molar-refractivity contribution in [3.63, 3.8) is 0 Å². The summed E-state index contributed by atoms with van der Waals surface area (Å²) >= 11 is 0. The number of aryl methyl sites for hydroxylation is 1. The van der Waals surface area contributed by atoms with Crippen molar-refractivity contribution in [3.8, 4) is 0 Å². The van der Waals surface area contributed by atoms with Gasteiger partial charge in [-0.05, 0) is 23.6 Å². The lowest BCUT2D eigenvalue weighted by Gasteiger charge is -2.10. The zero-order valence-corrected chi connectivity index (χ0v) is 11.6. The molecule has 2 aromatic rings. The number of benzene rings is 2. The highest BCUT2D eigenvalue weighted by molar-refractivity contribution is 5.26. The summed E-state index contributed by atoms with van der Waals surface area (Å²) in [6.07, 6.45) is 0. The van der Waals surface area contributed by atoms with E-state index in [0.717, 1.165) is 13.1 Å². The molecule has 0 saturated heterocycles. The Labute approximate surface area is 115 Å². The summed E-state index contributed by atoms with van der Waals surface area (Å²) in [5.74, 6) is 0. The van der Waals surface area contributed by atoms with E-state index in [2.05, 4.69) is 60.8 Å². The van der Waals surface area contributed by atoms with E-state index < -0.39 is 0 Å². The third kappa shape index (κ3) is 4.19. The standard InChI is InChI=1S/C17H21NO/c1-14-7-9-15(10-8-14)11-18-12-16-5-3-4-6-17(16)13-19-2/h3-10,18H,11-13H2,1-2H3. The summed E-state index contributed by atoms with van der Waals surface area (Å²) < 4.78 is 5.22. The highest BCUT2D eigenvalue weighted by Crippen LogP contribution is 2.10. The van der Waals surface area contributed by atoms with E-state index >= 15 is 0 Å². The topological polar surface area (TPSA) is 21.3 Å². The van der Waals surface area contributed by atoms with Gasteiger partial charge in [-0.15, -0.1) is 0 Å². The number of nitrogens with one attached hydrogen (secondary N) is 1. The van der Waals surface area contributed by atoms with E-state index in [9.17, 15) is 0 Å². The summed E-state index contributed by atoms with van der Waals surface area (Å²) in [4.78, 5) is 0. The molecule has 0 aliphatic carbocycles. The summed E-state index contributed by atoms with van der Waals surface area (Å²) in [6.45, 7) is 4.54. The van der Waals surface area contributed by atoms with Crippen molar-refractivity contribution < 1.29 is 4.74 Å². The molecular weight excluding hydrogens is 234 g/mol. The van der Waals surface area contributed by atoms with Gasteiger partial charge in [0.2, 0.25) is 0 Å². The smallest absolute Gasteiger partial charge is 0.0716 e. The van der Waals surface area contributed by atoms with Gasteiger partial charge in [-0.1, -0.05) is 54.1 Å². The number of methoxy groups -OCH3 is 1. The first kappa shape index (κ1) is 13.8. The van der Waals surface area contributed by atoms with Gasteiger partial charge in [-0.2, -0.15) is 0 Å². The molecule has 0 aromatic heterocycles.